The maximum Gasteiger partial charge on any atom is 0.192 e. The summed E-state index contributed by atoms with van der Waals surface area (Å²) in [5, 5.41) is 0. The molecule has 0 aliphatic carbocycles. The van der Waals surface area contributed by atoms with Gasteiger partial charge in [-0.15, -0.1) is 11.8 Å². The van der Waals surface area contributed by atoms with Crippen molar-refractivity contribution < 1.29 is 4.42 Å². The van der Waals surface area contributed by atoms with Crippen LogP contribution in [0.2, 0.25) is 0 Å². The minimum absolute atomic E-state index is 0.725. The Morgan fingerprint density at radius 3 is 3.00 bits per heavy atom. The largest absolute Gasteiger partial charge is 0.441 e. The average Bonchev–Trinajstić information content (AvgIpc) is 2.43. The molecule has 0 aliphatic rings. The zero-order valence-electron chi connectivity index (χ0n) is 7.00. The summed E-state index contributed by atoms with van der Waals surface area (Å²) in [7, 11) is 0. The standard InChI is InChI=1S/C9H9NOS/c1-6-10-8-4-3-7(12-2)5-9(8)11-6/h3-5H,1-2H3. The molecule has 0 aliphatic heterocycles. The Morgan fingerprint density at radius 1 is 1.42 bits per heavy atom. The number of hydrogen-bond acceptors (Lipinski definition) is 3. The van der Waals surface area contributed by atoms with Crippen LogP contribution in [0, 0.1) is 6.92 Å². The fourth-order valence-corrected chi connectivity index (χ4v) is 1.58. The molecule has 2 aromatic rings. The number of benzene rings is 1. The first kappa shape index (κ1) is 7.68. The van der Waals surface area contributed by atoms with Crippen LogP contribution in [-0.2, 0) is 0 Å². The van der Waals surface area contributed by atoms with Gasteiger partial charge in [0.15, 0.2) is 11.5 Å². The van der Waals surface area contributed by atoms with Crippen LogP contribution in [0.5, 0.6) is 0 Å². The van der Waals surface area contributed by atoms with Gasteiger partial charge in [-0.1, -0.05) is 0 Å². The summed E-state index contributed by atoms with van der Waals surface area (Å²) >= 11 is 1.71. The highest BCUT2D eigenvalue weighted by molar-refractivity contribution is 7.98. The van der Waals surface area contributed by atoms with Gasteiger partial charge in [0, 0.05) is 11.8 Å². The zero-order valence-corrected chi connectivity index (χ0v) is 7.81. The van der Waals surface area contributed by atoms with E-state index in [0.717, 1.165) is 17.0 Å². The lowest BCUT2D eigenvalue weighted by Crippen LogP contribution is -1.70. The van der Waals surface area contributed by atoms with Crippen molar-refractivity contribution in [1.82, 2.24) is 4.98 Å². The van der Waals surface area contributed by atoms with E-state index in [-0.39, 0.29) is 0 Å². The summed E-state index contributed by atoms with van der Waals surface area (Å²) < 4.78 is 5.39. The van der Waals surface area contributed by atoms with Gasteiger partial charge in [-0.3, -0.25) is 0 Å². The van der Waals surface area contributed by atoms with Crippen molar-refractivity contribution in [3.05, 3.63) is 24.1 Å². The van der Waals surface area contributed by atoms with Crippen molar-refractivity contribution in [2.24, 2.45) is 0 Å². The third-order valence-electron chi connectivity index (χ3n) is 1.70. The molecule has 0 saturated carbocycles. The molecule has 0 saturated heterocycles. The topological polar surface area (TPSA) is 26.0 Å². The predicted octanol–water partition coefficient (Wildman–Crippen LogP) is 2.86. The SMILES string of the molecule is CSc1ccc2nc(C)oc2c1. The van der Waals surface area contributed by atoms with Crippen molar-refractivity contribution >= 4 is 22.9 Å². The van der Waals surface area contributed by atoms with E-state index in [1.54, 1.807) is 11.8 Å². The van der Waals surface area contributed by atoms with Gasteiger partial charge < -0.3 is 4.42 Å². The molecule has 0 spiro atoms. The van der Waals surface area contributed by atoms with Gasteiger partial charge in [-0.2, -0.15) is 0 Å². The van der Waals surface area contributed by atoms with Crippen molar-refractivity contribution in [3.63, 3.8) is 0 Å². The summed E-state index contributed by atoms with van der Waals surface area (Å²) in [5.74, 6) is 0.725. The lowest BCUT2D eigenvalue weighted by Gasteiger charge is -1.92. The maximum atomic E-state index is 5.39. The number of aromatic nitrogens is 1. The highest BCUT2D eigenvalue weighted by Crippen LogP contribution is 2.21. The summed E-state index contributed by atoms with van der Waals surface area (Å²) in [6, 6.07) is 6.05. The van der Waals surface area contributed by atoms with Gasteiger partial charge in [0.05, 0.1) is 0 Å². The third kappa shape index (κ3) is 1.20. The highest BCUT2D eigenvalue weighted by atomic mass is 32.2. The Balaban J connectivity index is 2.66. The van der Waals surface area contributed by atoms with Crippen molar-refractivity contribution in [3.8, 4) is 0 Å². The molecule has 1 aromatic heterocycles. The normalized spacial score (nSPS) is 10.8. The monoisotopic (exact) mass is 179 g/mol. The van der Waals surface area contributed by atoms with Gasteiger partial charge in [0.2, 0.25) is 0 Å². The van der Waals surface area contributed by atoms with Crippen molar-refractivity contribution in [1.29, 1.82) is 0 Å². The van der Waals surface area contributed by atoms with Crippen LogP contribution in [0.4, 0.5) is 0 Å². The van der Waals surface area contributed by atoms with Crippen molar-refractivity contribution in [2.45, 2.75) is 11.8 Å². The molecule has 0 atom stereocenters. The Bertz CT molecular complexity index is 408. The smallest absolute Gasteiger partial charge is 0.192 e. The highest BCUT2D eigenvalue weighted by Gasteiger charge is 2.01. The Labute approximate surface area is 75.0 Å². The van der Waals surface area contributed by atoms with E-state index in [1.807, 2.05) is 25.3 Å². The Morgan fingerprint density at radius 2 is 2.25 bits per heavy atom. The van der Waals surface area contributed by atoms with E-state index in [2.05, 4.69) is 11.1 Å². The van der Waals surface area contributed by atoms with Crippen LogP contribution in [0.15, 0.2) is 27.5 Å². The lowest BCUT2D eigenvalue weighted by atomic mass is 10.3. The Hall–Kier alpha value is -0.960. The molecule has 2 nitrogen and oxygen atoms in total. The molecule has 12 heavy (non-hydrogen) atoms. The van der Waals surface area contributed by atoms with E-state index in [9.17, 15) is 0 Å². The molecule has 1 heterocycles. The lowest BCUT2D eigenvalue weighted by molar-refractivity contribution is 0.560. The quantitative estimate of drug-likeness (QED) is 0.629. The van der Waals surface area contributed by atoms with E-state index in [0.29, 0.717) is 0 Å². The summed E-state index contributed by atoms with van der Waals surface area (Å²) in [5.41, 5.74) is 1.81. The zero-order chi connectivity index (χ0) is 8.55. The van der Waals surface area contributed by atoms with Crippen LogP contribution in [-0.4, -0.2) is 11.2 Å². The molecule has 0 fully saturated rings. The predicted molar refractivity (Wildman–Crippen MR) is 50.5 cm³/mol. The molecule has 0 bridgehead atoms. The summed E-state index contributed by atoms with van der Waals surface area (Å²) in [4.78, 5) is 5.42. The number of fused-ring (bicyclic) bond motifs is 1. The van der Waals surface area contributed by atoms with Crippen LogP contribution in [0.1, 0.15) is 5.89 Å². The van der Waals surface area contributed by atoms with E-state index < -0.39 is 0 Å². The van der Waals surface area contributed by atoms with E-state index in [4.69, 9.17) is 4.42 Å². The molecule has 3 heteroatoms. The average molecular weight is 179 g/mol. The minimum atomic E-state index is 0.725. The van der Waals surface area contributed by atoms with E-state index in [1.165, 1.54) is 4.90 Å². The molecule has 0 radical (unpaired) electrons. The summed E-state index contributed by atoms with van der Waals surface area (Å²) in [6.45, 7) is 1.86. The van der Waals surface area contributed by atoms with E-state index >= 15 is 0 Å². The molecule has 2 rings (SSSR count). The number of nitrogens with zero attached hydrogens (tertiary/aromatic N) is 1. The third-order valence-corrected chi connectivity index (χ3v) is 2.43. The fourth-order valence-electron chi connectivity index (χ4n) is 1.15. The van der Waals surface area contributed by atoms with Crippen LogP contribution in [0.25, 0.3) is 11.1 Å². The molecular formula is C9H9NOS. The van der Waals surface area contributed by atoms with Gasteiger partial charge in [0.25, 0.3) is 0 Å². The first-order valence-electron chi connectivity index (χ1n) is 3.71. The van der Waals surface area contributed by atoms with Crippen LogP contribution >= 0.6 is 11.8 Å². The molecule has 1 aromatic carbocycles. The first-order chi connectivity index (χ1) is 5.79. The van der Waals surface area contributed by atoms with Crippen molar-refractivity contribution in [2.75, 3.05) is 6.26 Å². The fraction of sp³-hybridized carbons (Fsp3) is 0.222. The Kier molecular flexibility index (Phi) is 1.81. The van der Waals surface area contributed by atoms with Gasteiger partial charge in [0.1, 0.15) is 5.52 Å². The van der Waals surface area contributed by atoms with Crippen LogP contribution in [0.3, 0.4) is 0 Å². The number of oxazole rings is 1. The first-order valence-corrected chi connectivity index (χ1v) is 4.93. The second-order valence-electron chi connectivity index (χ2n) is 2.57. The maximum absolute atomic E-state index is 5.39. The van der Waals surface area contributed by atoms with Gasteiger partial charge in [-0.25, -0.2) is 4.98 Å². The second-order valence-corrected chi connectivity index (χ2v) is 3.45. The second kappa shape index (κ2) is 2.83. The molecule has 62 valence electrons. The minimum Gasteiger partial charge on any atom is -0.441 e. The number of hydrogen-bond donors (Lipinski definition) is 0. The molecular weight excluding hydrogens is 170 g/mol. The van der Waals surface area contributed by atoms with Gasteiger partial charge >= 0.3 is 0 Å². The van der Waals surface area contributed by atoms with Gasteiger partial charge in [-0.05, 0) is 24.5 Å². The summed E-state index contributed by atoms with van der Waals surface area (Å²) in [6.07, 6.45) is 2.05. The molecule has 0 amide bonds. The molecule has 0 N–H and O–H groups in total. The molecule has 0 unspecified atom stereocenters. The number of rotatable bonds is 1. The number of thioether (sulfide) groups is 1. The number of aryl methyl sites for hydroxylation is 1. The van der Waals surface area contributed by atoms with Crippen LogP contribution < -0.4 is 0 Å².